The van der Waals surface area contributed by atoms with Gasteiger partial charge >= 0.3 is 0 Å². The van der Waals surface area contributed by atoms with Crippen molar-refractivity contribution >= 4 is 17.5 Å². The van der Waals surface area contributed by atoms with Crippen LogP contribution < -0.4 is 5.73 Å². The Balaban J connectivity index is 2.05. The number of benzene rings is 1. The van der Waals surface area contributed by atoms with Crippen LogP contribution in [0.15, 0.2) is 36.7 Å². The maximum atomic E-state index is 12.3. The standard InChI is InChI=1S/C14H17ClN4O/c1-18(8-10-4-3-5-12(15)6-10)14(20)13(16)11-7-17-19(2)9-11/h3-7,9,13H,8,16H2,1-2H3. The molecule has 0 saturated carbocycles. The van der Waals surface area contributed by atoms with Crippen LogP contribution in [0.25, 0.3) is 0 Å². The van der Waals surface area contributed by atoms with Gasteiger partial charge in [-0.2, -0.15) is 5.10 Å². The highest BCUT2D eigenvalue weighted by Gasteiger charge is 2.21. The second-order valence-electron chi connectivity index (χ2n) is 4.75. The number of carbonyl (C=O) groups is 1. The highest BCUT2D eigenvalue weighted by Crippen LogP contribution is 2.15. The normalized spacial score (nSPS) is 12.2. The second kappa shape index (κ2) is 6.07. The third-order valence-electron chi connectivity index (χ3n) is 3.04. The molecule has 2 aromatic rings. The van der Waals surface area contributed by atoms with Gasteiger partial charge in [0, 0.05) is 37.4 Å². The fourth-order valence-corrected chi connectivity index (χ4v) is 2.18. The number of aromatic nitrogens is 2. The predicted octanol–water partition coefficient (Wildman–Crippen LogP) is 1.73. The van der Waals surface area contributed by atoms with E-state index in [4.69, 9.17) is 17.3 Å². The summed E-state index contributed by atoms with van der Waals surface area (Å²) in [6.45, 7) is 0.466. The number of nitrogens with zero attached hydrogens (tertiary/aromatic N) is 3. The number of nitrogens with two attached hydrogens (primary N) is 1. The summed E-state index contributed by atoms with van der Waals surface area (Å²) in [4.78, 5) is 13.9. The molecule has 0 aliphatic carbocycles. The molecule has 2 rings (SSSR count). The van der Waals surface area contributed by atoms with Gasteiger partial charge in [0.05, 0.1) is 6.20 Å². The molecule has 0 fully saturated rings. The maximum Gasteiger partial charge on any atom is 0.244 e. The Morgan fingerprint density at radius 2 is 2.30 bits per heavy atom. The zero-order valence-corrected chi connectivity index (χ0v) is 12.2. The lowest BCUT2D eigenvalue weighted by Gasteiger charge is -2.21. The van der Waals surface area contributed by atoms with Crippen molar-refractivity contribution in [3.63, 3.8) is 0 Å². The van der Waals surface area contributed by atoms with Gasteiger partial charge in [0.1, 0.15) is 6.04 Å². The quantitative estimate of drug-likeness (QED) is 0.933. The smallest absolute Gasteiger partial charge is 0.244 e. The predicted molar refractivity (Wildman–Crippen MR) is 78.1 cm³/mol. The minimum Gasteiger partial charge on any atom is -0.340 e. The molecule has 2 N–H and O–H groups in total. The number of hydrogen-bond acceptors (Lipinski definition) is 3. The number of likely N-dealkylation sites (N-methyl/N-ethyl adjacent to an activating group) is 1. The maximum absolute atomic E-state index is 12.3. The Hall–Kier alpha value is -1.85. The van der Waals surface area contributed by atoms with Crippen molar-refractivity contribution in [1.82, 2.24) is 14.7 Å². The Morgan fingerprint density at radius 1 is 1.55 bits per heavy atom. The van der Waals surface area contributed by atoms with E-state index in [1.807, 2.05) is 18.2 Å². The lowest BCUT2D eigenvalue weighted by molar-refractivity contribution is -0.131. The van der Waals surface area contributed by atoms with Crippen molar-refractivity contribution in [2.24, 2.45) is 12.8 Å². The zero-order chi connectivity index (χ0) is 14.7. The summed E-state index contributed by atoms with van der Waals surface area (Å²) in [5, 5.41) is 4.68. The van der Waals surface area contributed by atoms with E-state index in [1.54, 1.807) is 42.1 Å². The van der Waals surface area contributed by atoms with Crippen LogP contribution >= 0.6 is 11.6 Å². The summed E-state index contributed by atoms with van der Waals surface area (Å²) >= 11 is 5.93. The van der Waals surface area contributed by atoms with Gasteiger partial charge in [-0.15, -0.1) is 0 Å². The van der Waals surface area contributed by atoms with Gasteiger partial charge in [0.15, 0.2) is 0 Å². The topological polar surface area (TPSA) is 64.2 Å². The minimum atomic E-state index is -0.701. The Morgan fingerprint density at radius 3 is 2.90 bits per heavy atom. The second-order valence-corrected chi connectivity index (χ2v) is 5.19. The summed E-state index contributed by atoms with van der Waals surface area (Å²) in [7, 11) is 3.51. The highest BCUT2D eigenvalue weighted by molar-refractivity contribution is 6.30. The van der Waals surface area contributed by atoms with E-state index < -0.39 is 6.04 Å². The van der Waals surface area contributed by atoms with Crippen LogP contribution in [0, 0.1) is 0 Å². The largest absolute Gasteiger partial charge is 0.340 e. The molecule has 1 unspecified atom stereocenters. The number of rotatable bonds is 4. The van der Waals surface area contributed by atoms with Crippen molar-refractivity contribution in [3.05, 3.63) is 52.8 Å². The number of carbonyl (C=O) groups excluding carboxylic acids is 1. The molecule has 6 heteroatoms. The van der Waals surface area contributed by atoms with Crippen molar-refractivity contribution in [1.29, 1.82) is 0 Å². The highest BCUT2D eigenvalue weighted by atomic mass is 35.5. The first kappa shape index (κ1) is 14.6. The van der Waals surface area contributed by atoms with Gasteiger partial charge in [-0.05, 0) is 17.7 Å². The minimum absolute atomic E-state index is 0.155. The van der Waals surface area contributed by atoms with Crippen LogP contribution in [-0.4, -0.2) is 27.6 Å². The molecular formula is C14H17ClN4O. The van der Waals surface area contributed by atoms with Crippen LogP contribution in [0.4, 0.5) is 0 Å². The summed E-state index contributed by atoms with van der Waals surface area (Å²) in [6, 6.07) is 6.71. The number of hydrogen-bond donors (Lipinski definition) is 1. The van der Waals surface area contributed by atoms with Gasteiger partial charge in [0.2, 0.25) is 5.91 Å². The monoisotopic (exact) mass is 292 g/mol. The molecule has 1 aromatic heterocycles. The van der Waals surface area contributed by atoms with E-state index in [1.165, 1.54) is 0 Å². The van der Waals surface area contributed by atoms with Crippen LogP contribution in [0.3, 0.4) is 0 Å². The van der Waals surface area contributed by atoms with Gasteiger partial charge in [-0.25, -0.2) is 0 Å². The van der Waals surface area contributed by atoms with E-state index in [-0.39, 0.29) is 5.91 Å². The summed E-state index contributed by atoms with van der Waals surface area (Å²) in [6.07, 6.45) is 3.35. The average molecular weight is 293 g/mol. The molecule has 0 radical (unpaired) electrons. The van der Waals surface area contributed by atoms with Gasteiger partial charge in [-0.3, -0.25) is 9.48 Å². The molecule has 1 heterocycles. The number of aryl methyl sites for hydroxylation is 1. The van der Waals surface area contributed by atoms with Crippen molar-refractivity contribution in [2.45, 2.75) is 12.6 Å². The van der Waals surface area contributed by atoms with E-state index >= 15 is 0 Å². The number of amides is 1. The van der Waals surface area contributed by atoms with Crippen molar-refractivity contribution in [2.75, 3.05) is 7.05 Å². The van der Waals surface area contributed by atoms with Crippen LogP contribution in [0.5, 0.6) is 0 Å². The van der Waals surface area contributed by atoms with E-state index in [0.717, 1.165) is 5.56 Å². The van der Waals surface area contributed by atoms with Gasteiger partial charge in [-0.1, -0.05) is 23.7 Å². The summed E-state index contributed by atoms with van der Waals surface area (Å²) < 4.78 is 1.62. The molecule has 0 saturated heterocycles. The first-order valence-corrected chi connectivity index (χ1v) is 6.58. The lowest BCUT2D eigenvalue weighted by Crippen LogP contribution is -2.35. The van der Waals surface area contributed by atoms with Crippen molar-refractivity contribution in [3.8, 4) is 0 Å². The Bertz CT molecular complexity index is 611. The van der Waals surface area contributed by atoms with E-state index in [9.17, 15) is 4.79 Å². The molecule has 106 valence electrons. The van der Waals surface area contributed by atoms with Crippen LogP contribution in [-0.2, 0) is 18.4 Å². The first-order valence-electron chi connectivity index (χ1n) is 6.21. The third-order valence-corrected chi connectivity index (χ3v) is 3.27. The Labute approximate surface area is 122 Å². The summed E-state index contributed by atoms with van der Waals surface area (Å²) in [5.74, 6) is -0.155. The van der Waals surface area contributed by atoms with E-state index in [2.05, 4.69) is 5.10 Å². The third kappa shape index (κ3) is 3.37. The SMILES string of the molecule is CN(Cc1cccc(Cl)c1)C(=O)C(N)c1cnn(C)c1. The zero-order valence-electron chi connectivity index (χ0n) is 11.5. The van der Waals surface area contributed by atoms with E-state index in [0.29, 0.717) is 17.1 Å². The molecule has 0 aliphatic heterocycles. The molecule has 5 nitrogen and oxygen atoms in total. The fourth-order valence-electron chi connectivity index (χ4n) is 1.97. The number of halogens is 1. The first-order chi connectivity index (χ1) is 9.47. The molecule has 20 heavy (non-hydrogen) atoms. The van der Waals surface area contributed by atoms with Gasteiger partial charge in [0.25, 0.3) is 0 Å². The molecule has 1 aromatic carbocycles. The van der Waals surface area contributed by atoms with Gasteiger partial charge < -0.3 is 10.6 Å². The van der Waals surface area contributed by atoms with Crippen LogP contribution in [0.2, 0.25) is 5.02 Å². The summed E-state index contributed by atoms with van der Waals surface area (Å²) in [5.41, 5.74) is 7.63. The van der Waals surface area contributed by atoms with Crippen molar-refractivity contribution < 1.29 is 4.79 Å². The molecule has 1 atom stereocenters. The Kier molecular flexibility index (Phi) is 4.42. The molecular weight excluding hydrogens is 276 g/mol. The molecule has 0 spiro atoms. The molecule has 1 amide bonds. The average Bonchev–Trinajstić information content (AvgIpc) is 2.83. The lowest BCUT2D eigenvalue weighted by atomic mass is 10.1. The molecule has 0 aliphatic rings. The fraction of sp³-hybridized carbons (Fsp3) is 0.286. The van der Waals surface area contributed by atoms with Crippen LogP contribution in [0.1, 0.15) is 17.2 Å². The molecule has 0 bridgehead atoms.